The number of non-ortho nitro benzene ring substituents is 1. The van der Waals surface area contributed by atoms with Crippen LogP contribution in [0.3, 0.4) is 0 Å². The number of nitro benzene ring substituents is 1. The molecule has 1 unspecified atom stereocenters. The topological polar surface area (TPSA) is 75.4 Å². The molecule has 0 saturated carbocycles. The smallest absolute Gasteiger partial charge is 0.271 e. The summed E-state index contributed by atoms with van der Waals surface area (Å²) in [6.07, 6.45) is -4.63. The summed E-state index contributed by atoms with van der Waals surface area (Å²) in [5.74, 6) is 0. The fourth-order valence-corrected chi connectivity index (χ4v) is 1.04. The second kappa shape index (κ2) is 5.36. The van der Waals surface area contributed by atoms with E-state index < -0.39 is 17.5 Å². The molecule has 7 heteroatoms. The van der Waals surface area contributed by atoms with Crippen LogP contribution in [0.15, 0.2) is 24.3 Å². The van der Waals surface area contributed by atoms with Crippen LogP contribution in [-0.2, 0) is 0 Å². The zero-order chi connectivity index (χ0) is 12.1. The fraction of sp³-hybridized carbons (Fsp3) is 0.333. The molecule has 0 bridgehead atoms. The van der Waals surface area contributed by atoms with Gasteiger partial charge in [-0.3, -0.25) is 10.1 Å². The molecule has 2 N–H and O–H groups in total. The van der Waals surface area contributed by atoms with Crippen LogP contribution in [0.1, 0.15) is 0 Å². The first-order chi connectivity index (χ1) is 7.50. The van der Waals surface area contributed by atoms with Crippen molar-refractivity contribution >= 4 is 11.4 Å². The van der Waals surface area contributed by atoms with Crippen molar-refractivity contribution in [2.75, 3.05) is 11.9 Å². The predicted octanol–water partition coefficient (Wildman–Crippen LogP) is 1.63. The Morgan fingerprint density at radius 1 is 1.50 bits per heavy atom. The number of aliphatic hydroxyl groups excluding tert-OH is 1. The number of nitro groups is 1. The van der Waals surface area contributed by atoms with E-state index in [1.54, 1.807) is 0 Å². The van der Waals surface area contributed by atoms with Crippen molar-refractivity contribution in [2.24, 2.45) is 0 Å². The largest absolute Gasteiger partial charge is 0.385 e. The van der Waals surface area contributed by atoms with E-state index in [9.17, 15) is 18.9 Å². The molecule has 0 amide bonds. The number of anilines is 1. The highest BCUT2D eigenvalue weighted by atomic mass is 19.3. The van der Waals surface area contributed by atoms with E-state index in [1.165, 1.54) is 24.3 Å². The number of halogens is 2. The Balaban J connectivity index is 2.61. The predicted molar refractivity (Wildman–Crippen MR) is 53.6 cm³/mol. The summed E-state index contributed by atoms with van der Waals surface area (Å²) in [5.41, 5.74) is 0.172. The van der Waals surface area contributed by atoms with Crippen molar-refractivity contribution in [2.45, 2.75) is 12.5 Å². The van der Waals surface area contributed by atoms with Gasteiger partial charge in [-0.05, 0) is 6.07 Å². The number of alkyl halides is 2. The molecule has 1 aromatic rings. The van der Waals surface area contributed by atoms with Crippen molar-refractivity contribution in [1.82, 2.24) is 0 Å². The van der Waals surface area contributed by atoms with Crippen LogP contribution >= 0.6 is 0 Å². The standard InChI is InChI=1S/C9H10F2N2O3/c10-9(11)8(14)5-12-6-2-1-3-7(4-6)13(15)16/h1-4,8-9,12,14H,5H2. The number of nitrogens with zero attached hydrogens (tertiary/aromatic N) is 1. The lowest BCUT2D eigenvalue weighted by atomic mass is 10.2. The number of benzene rings is 1. The van der Waals surface area contributed by atoms with Crippen LogP contribution in [0, 0.1) is 10.1 Å². The third-order valence-electron chi connectivity index (χ3n) is 1.86. The zero-order valence-corrected chi connectivity index (χ0v) is 8.14. The van der Waals surface area contributed by atoms with Gasteiger partial charge in [-0.25, -0.2) is 8.78 Å². The molecule has 0 aromatic heterocycles. The Bertz CT molecular complexity index is 374. The lowest BCUT2D eigenvalue weighted by molar-refractivity contribution is -0.384. The molecule has 0 spiro atoms. The van der Waals surface area contributed by atoms with E-state index >= 15 is 0 Å². The molecule has 0 aliphatic heterocycles. The van der Waals surface area contributed by atoms with Crippen molar-refractivity contribution in [3.63, 3.8) is 0 Å². The van der Waals surface area contributed by atoms with Gasteiger partial charge in [0.25, 0.3) is 12.1 Å². The van der Waals surface area contributed by atoms with Gasteiger partial charge in [-0.15, -0.1) is 0 Å². The van der Waals surface area contributed by atoms with Crippen molar-refractivity contribution in [1.29, 1.82) is 0 Å². The Kier molecular flexibility index (Phi) is 4.12. The van der Waals surface area contributed by atoms with Crippen LogP contribution in [0.4, 0.5) is 20.2 Å². The Morgan fingerprint density at radius 2 is 2.19 bits per heavy atom. The normalized spacial score (nSPS) is 12.5. The van der Waals surface area contributed by atoms with Gasteiger partial charge >= 0.3 is 0 Å². The molecule has 0 saturated heterocycles. The molecule has 1 atom stereocenters. The average molecular weight is 232 g/mol. The molecule has 0 radical (unpaired) electrons. The van der Waals surface area contributed by atoms with E-state index in [0.29, 0.717) is 5.69 Å². The van der Waals surface area contributed by atoms with Crippen LogP contribution in [-0.4, -0.2) is 29.1 Å². The third-order valence-corrected chi connectivity index (χ3v) is 1.86. The summed E-state index contributed by atoms with van der Waals surface area (Å²) in [4.78, 5) is 9.82. The molecule has 0 aliphatic rings. The van der Waals surface area contributed by atoms with Gasteiger partial charge < -0.3 is 10.4 Å². The Hall–Kier alpha value is -1.76. The molecule has 1 aromatic carbocycles. The quantitative estimate of drug-likeness (QED) is 0.597. The van der Waals surface area contributed by atoms with Crippen molar-refractivity contribution in [3.8, 4) is 0 Å². The van der Waals surface area contributed by atoms with Gasteiger partial charge in [-0.2, -0.15) is 0 Å². The monoisotopic (exact) mass is 232 g/mol. The summed E-state index contributed by atoms with van der Waals surface area (Å²) in [7, 11) is 0. The maximum Gasteiger partial charge on any atom is 0.271 e. The highest BCUT2D eigenvalue weighted by Gasteiger charge is 2.16. The minimum Gasteiger partial charge on any atom is -0.385 e. The highest BCUT2D eigenvalue weighted by molar-refractivity contribution is 5.50. The van der Waals surface area contributed by atoms with Gasteiger partial charge in [0.2, 0.25) is 0 Å². The maximum atomic E-state index is 11.9. The van der Waals surface area contributed by atoms with Gasteiger partial charge in [-0.1, -0.05) is 6.07 Å². The second-order valence-corrected chi connectivity index (χ2v) is 3.09. The minimum atomic E-state index is -2.84. The van der Waals surface area contributed by atoms with Gasteiger partial charge in [0.05, 0.1) is 4.92 Å². The highest BCUT2D eigenvalue weighted by Crippen LogP contribution is 2.17. The molecule has 88 valence electrons. The third kappa shape index (κ3) is 3.43. The lowest BCUT2D eigenvalue weighted by Gasteiger charge is -2.11. The number of aliphatic hydroxyl groups is 1. The van der Waals surface area contributed by atoms with Crippen LogP contribution in [0.2, 0.25) is 0 Å². The lowest BCUT2D eigenvalue weighted by Crippen LogP contribution is -2.26. The van der Waals surface area contributed by atoms with Crippen LogP contribution in [0.25, 0.3) is 0 Å². The minimum absolute atomic E-state index is 0.142. The fourth-order valence-electron chi connectivity index (χ4n) is 1.04. The molecule has 0 fully saturated rings. The Labute approximate surface area is 89.9 Å². The van der Waals surface area contributed by atoms with Crippen molar-refractivity contribution < 1.29 is 18.8 Å². The number of nitrogens with one attached hydrogen (secondary N) is 1. The summed E-state index contributed by atoms with van der Waals surface area (Å²) < 4.78 is 23.9. The van der Waals surface area contributed by atoms with E-state index in [-0.39, 0.29) is 12.2 Å². The SMILES string of the molecule is O=[N+]([O-])c1cccc(NCC(O)C(F)F)c1. The molecular weight excluding hydrogens is 222 g/mol. The second-order valence-electron chi connectivity index (χ2n) is 3.09. The summed E-state index contributed by atoms with van der Waals surface area (Å²) in [6.45, 7) is -0.362. The van der Waals surface area contributed by atoms with Gasteiger partial charge in [0.1, 0.15) is 6.10 Å². The van der Waals surface area contributed by atoms with E-state index in [1.807, 2.05) is 0 Å². The van der Waals surface area contributed by atoms with Crippen LogP contribution in [0.5, 0.6) is 0 Å². The van der Waals surface area contributed by atoms with E-state index in [0.717, 1.165) is 0 Å². The van der Waals surface area contributed by atoms with Gasteiger partial charge in [0, 0.05) is 24.4 Å². The zero-order valence-electron chi connectivity index (χ0n) is 8.14. The molecule has 0 heterocycles. The first kappa shape index (κ1) is 12.3. The molecular formula is C9H10F2N2O3. The first-order valence-electron chi connectivity index (χ1n) is 4.45. The molecule has 1 rings (SSSR count). The summed E-state index contributed by atoms with van der Waals surface area (Å²) >= 11 is 0. The molecule has 0 aliphatic carbocycles. The number of rotatable bonds is 5. The average Bonchev–Trinajstić information content (AvgIpc) is 2.26. The van der Waals surface area contributed by atoms with E-state index in [4.69, 9.17) is 5.11 Å². The van der Waals surface area contributed by atoms with Crippen LogP contribution < -0.4 is 5.32 Å². The molecule has 5 nitrogen and oxygen atoms in total. The van der Waals surface area contributed by atoms with Crippen molar-refractivity contribution in [3.05, 3.63) is 34.4 Å². The van der Waals surface area contributed by atoms with Gasteiger partial charge in [0.15, 0.2) is 0 Å². The Morgan fingerprint density at radius 3 is 2.75 bits per heavy atom. The van der Waals surface area contributed by atoms with E-state index in [2.05, 4.69) is 5.32 Å². The summed E-state index contributed by atoms with van der Waals surface area (Å²) in [6, 6.07) is 5.41. The molecule has 16 heavy (non-hydrogen) atoms. The first-order valence-corrected chi connectivity index (χ1v) is 4.45. The maximum absolute atomic E-state index is 11.9. The number of hydrogen-bond acceptors (Lipinski definition) is 4. The number of hydrogen-bond donors (Lipinski definition) is 2. The summed E-state index contributed by atoms with van der Waals surface area (Å²) in [5, 5.41) is 21.7.